The molecule has 0 radical (unpaired) electrons. The van der Waals surface area contributed by atoms with Gasteiger partial charge in [-0.25, -0.2) is 4.79 Å². The van der Waals surface area contributed by atoms with E-state index in [9.17, 15) is 19.7 Å². The largest absolute Gasteiger partial charge is 0.481 e. The van der Waals surface area contributed by atoms with Gasteiger partial charge in [0.1, 0.15) is 6.61 Å². The van der Waals surface area contributed by atoms with Crippen LogP contribution in [0.2, 0.25) is 0 Å². The number of alkyl carbamates (subject to hydrolysis) is 1. The topological polar surface area (TPSA) is 119 Å². The number of non-ortho nitro benzene ring substituents is 1. The van der Waals surface area contributed by atoms with E-state index < -0.39 is 29.4 Å². The molecule has 2 N–H and O–H groups in total. The Morgan fingerprint density at radius 3 is 2.81 bits per heavy atom. The summed E-state index contributed by atoms with van der Waals surface area (Å²) in [4.78, 5) is 32.5. The molecular formula is C13H14N2O6. The number of aliphatic carboxylic acids is 1. The number of carbonyl (C=O) groups is 2. The fourth-order valence-electron chi connectivity index (χ4n) is 1.60. The molecule has 112 valence electrons. The Bertz CT molecular complexity index is 557. The molecule has 1 rings (SSSR count). The van der Waals surface area contributed by atoms with E-state index in [0.29, 0.717) is 5.56 Å². The average molecular weight is 294 g/mol. The first-order valence-electron chi connectivity index (χ1n) is 5.94. The predicted molar refractivity (Wildman–Crippen MR) is 72.8 cm³/mol. The predicted octanol–water partition coefficient (Wildman–Crippen LogP) is 2.02. The fraction of sp³-hybridized carbons (Fsp3) is 0.231. The van der Waals surface area contributed by atoms with Crippen LogP contribution in [0.1, 0.15) is 18.0 Å². The molecule has 0 bridgehead atoms. The van der Waals surface area contributed by atoms with Gasteiger partial charge in [0.25, 0.3) is 5.69 Å². The summed E-state index contributed by atoms with van der Waals surface area (Å²) in [6, 6.07) is 4.46. The number of rotatable bonds is 7. The quantitative estimate of drug-likeness (QED) is 0.451. The van der Waals surface area contributed by atoms with Gasteiger partial charge in [0.15, 0.2) is 0 Å². The van der Waals surface area contributed by atoms with E-state index in [1.54, 1.807) is 0 Å². The van der Waals surface area contributed by atoms with Crippen LogP contribution < -0.4 is 5.32 Å². The first-order valence-corrected chi connectivity index (χ1v) is 5.94. The van der Waals surface area contributed by atoms with Crippen molar-refractivity contribution in [2.75, 3.05) is 6.61 Å². The van der Waals surface area contributed by atoms with Gasteiger partial charge in [0, 0.05) is 12.1 Å². The van der Waals surface area contributed by atoms with Gasteiger partial charge in [0.2, 0.25) is 0 Å². The molecule has 1 aromatic rings. The number of nitro benzene ring substituents is 1. The number of carbonyl (C=O) groups excluding carboxylic acids is 1. The third-order valence-electron chi connectivity index (χ3n) is 2.49. The Morgan fingerprint density at radius 2 is 2.24 bits per heavy atom. The molecule has 1 amide bonds. The number of benzene rings is 1. The first-order chi connectivity index (χ1) is 9.93. The first kappa shape index (κ1) is 16.2. The van der Waals surface area contributed by atoms with Crippen LogP contribution in [-0.2, 0) is 9.53 Å². The third-order valence-corrected chi connectivity index (χ3v) is 2.49. The molecule has 0 aromatic heterocycles. The maximum atomic E-state index is 11.5. The highest BCUT2D eigenvalue weighted by Crippen LogP contribution is 2.22. The van der Waals surface area contributed by atoms with Gasteiger partial charge in [-0.15, -0.1) is 0 Å². The highest BCUT2D eigenvalue weighted by atomic mass is 16.6. The summed E-state index contributed by atoms with van der Waals surface area (Å²) in [6.45, 7) is 3.35. The van der Waals surface area contributed by atoms with Crippen molar-refractivity contribution in [2.24, 2.45) is 0 Å². The maximum absolute atomic E-state index is 11.5. The van der Waals surface area contributed by atoms with Crippen molar-refractivity contribution in [2.45, 2.75) is 12.5 Å². The Balaban J connectivity index is 2.93. The van der Waals surface area contributed by atoms with Crippen LogP contribution in [-0.4, -0.2) is 28.7 Å². The summed E-state index contributed by atoms with van der Waals surface area (Å²) in [7, 11) is 0. The smallest absolute Gasteiger partial charge is 0.407 e. The molecule has 0 aliphatic heterocycles. The fourth-order valence-corrected chi connectivity index (χ4v) is 1.60. The van der Waals surface area contributed by atoms with Gasteiger partial charge in [-0.1, -0.05) is 24.8 Å². The number of carboxylic acids is 1. The molecule has 0 saturated carbocycles. The molecular weight excluding hydrogens is 280 g/mol. The summed E-state index contributed by atoms with van der Waals surface area (Å²) >= 11 is 0. The van der Waals surface area contributed by atoms with Crippen molar-refractivity contribution in [1.29, 1.82) is 0 Å². The Morgan fingerprint density at radius 1 is 1.52 bits per heavy atom. The molecule has 8 heteroatoms. The van der Waals surface area contributed by atoms with Gasteiger partial charge in [0.05, 0.1) is 17.4 Å². The zero-order chi connectivity index (χ0) is 15.8. The number of hydrogen-bond acceptors (Lipinski definition) is 5. The van der Waals surface area contributed by atoms with Crippen LogP contribution in [0.3, 0.4) is 0 Å². The lowest BCUT2D eigenvalue weighted by atomic mass is 10.0. The van der Waals surface area contributed by atoms with Gasteiger partial charge >= 0.3 is 12.1 Å². The number of carboxylic acid groups (broad SMARTS) is 1. The summed E-state index contributed by atoms with van der Waals surface area (Å²) in [5, 5.41) is 22.0. The standard InChI is InChI=1S/C13H14N2O6/c1-2-6-21-13(18)14-11(8-12(16)17)9-4-3-5-10(7-9)15(19)20/h2-5,7,11H,1,6,8H2,(H,14,18)(H,16,17)/t11-/m0/s1. The maximum Gasteiger partial charge on any atom is 0.407 e. The molecule has 0 aliphatic carbocycles. The van der Waals surface area contributed by atoms with Crippen LogP contribution in [0.15, 0.2) is 36.9 Å². The van der Waals surface area contributed by atoms with Crippen LogP contribution in [0.25, 0.3) is 0 Å². The van der Waals surface area contributed by atoms with Gasteiger partial charge in [-0.3, -0.25) is 14.9 Å². The summed E-state index contributed by atoms with van der Waals surface area (Å²) < 4.78 is 4.71. The zero-order valence-corrected chi connectivity index (χ0v) is 11.0. The molecule has 0 heterocycles. The van der Waals surface area contributed by atoms with Crippen molar-refractivity contribution >= 4 is 17.7 Å². The lowest BCUT2D eigenvalue weighted by Crippen LogP contribution is -2.30. The van der Waals surface area contributed by atoms with E-state index in [4.69, 9.17) is 9.84 Å². The van der Waals surface area contributed by atoms with E-state index in [-0.39, 0.29) is 12.3 Å². The highest BCUT2D eigenvalue weighted by molar-refractivity contribution is 5.72. The molecule has 0 aliphatic rings. The summed E-state index contributed by atoms with van der Waals surface area (Å²) in [5.74, 6) is -1.16. The van der Waals surface area contributed by atoms with Crippen LogP contribution >= 0.6 is 0 Å². The van der Waals surface area contributed by atoms with E-state index in [1.165, 1.54) is 30.3 Å². The van der Waals surface area contributed by atoms with Crippen molar-refractivity contribution in [1.82, 2.24) is 5.32 Å². The number of amides is 1. The highest BCUT2D eigenvalue weighted by Gasteiger charge is 2.20. The molecule has 0 unspecified atom stereocenters. The Labute approximate surface area is 120 Å². The van der Waals surface area contributed by atoms with Crippen molar-refractivity contribution in [3.05, 3.63) is 52.6 Å². The van der Waals surface area contributed by atoms with E-state index in [2.05, 4.69) is 11.9 Å². The molecule has 1 atom stereocenters. The van der Waals surface area contributed by atoms with Gasteiger partial charge < -0.3 is 15.2 Å². The van der Waals surface area contributed by atoms with Crippen LogP contribution in [0, 0.1) is 10.1 Å². The van der Waals surface area contributed by atoms with Gasteiger partial charge in [-0.2, -0.15) is 0 Å². The zero-order valence-electron chi connectivity index (χ0n) is 11.0. The Hall–Kier alpha value is -2.90. The minimum atomic E-state index is -1.16. The molecule has 0 fully saturated rings. The molecule has 1 aromatic carbocycles. The van der Waals surface area contributed by atoms with Crippen molar-refractivity contribution in [3.8, 4) is 0 Å². The second-order valence-corrected chi connectivity index (χ2v) is 4.03. The van der Waals surface area contributed by atoms with E-state index in [1.807, 2.05) is 0 Å². The van der Waals surface area contributed by atoms with E-state index >= 15 is 0 Å². The van der Waals surface area contributed by atoms with Crippen LogP contribution in [0.4, 0.5) is 10.5 Å². The number of ether oxygens (including phenoxy) is 1. The monoisotopic (exact) mass is 294 g/mol. The third kappa shape index (κ3) is 5.31. The molecule has 21 heavy (non-hydrogen) atoms. The van der Waals surface area contributed by atoms with Crippen molar-refractivity contribution in [3.63, 3.8) is 0 Å². The normalized spacial score (nSPS) is 11.2. The average Bonchev–Trinajstić information content (AvgIpc) is 2.44. The second-order valence-electron chi connectivity index (χ2n) is 4.03. The number of nitro groups is 1. The second kappa shape index (κ2) is 7.63. The number of nitrogens with zero attached hydrogens (tertiary/aromatic N) is 1. The lowest BCUT2D eigenvalue weighted by molar-refractivity contribution is -0.384. The number of nitrogens with one attached hydrogen (secondary N) is 1. The van der Waals surface area contributed by atoms with Crippen LogP contribution in [0.5, 0.6) is 0 Å². The molecule has 8 nitrogen and oxygen atoms in total. The minimum absolute atomic E-state index is 0.0272. The minimum Gasteiger partial charge on any atom is -0.481 e. The van der Waals surface area contributed by atoms with Crippen molar-refractivity contribution < 1.29 is 24.4 Å². The van der Waals surface area contributed by atoms with E-state index in [0.717, 1.165) is 0 Å². The molecule has 0 spiro atoms. The Kier molecular flexibility index (Phi) is 5.87. The molecule has 0 saturated heterocycles. The SMILES string of the molecule is C=CCOC(=O)N[C@@H](CC(=O)O)c1cccc([N+](=O)[O-])c1. The number of hydrogen-bond donors (Lipinski definition) is 2. The lowest BCUT2D eigenvalue weighted by Gasteiger charge is -2.16. The summed E-state index contributed by atoms with van der Waals surface area (Å²) in [6.07, 6.45) is 0.108. The summed E-state index contributed by atoms with van der Waals surface area (Å²) in [5.41, 5.74) is 0.117. The van der Waals surface area contributed by atoms with Gasteiger partial charge in [-0.05, 0) is 5.56 Å².